The summed E-state index contributed by atoms with van der Waals surface area (Å²) in [5.74, 6) is -2.30. The number of aromatic nitrogens is 1. The van der Waals surface area contributed by atoms with Crippen LogP contribution in [-0.2, 0) is 32.0 Å². The molecular weight excluding hydrogens is 390 g/mol. The molecule has 0 unspecified atom stereocenters. The van der Waals surface area contributed by atoms with E-state index < -0.39 is 24.0 Å². The molecule has 162 valence electrons. The molecule has 2 saturated heterocycles. The first-order valence-corrected chi connectivity index (χ1v) is 10.4. The summed E-state index contributed by atoms with van der Waals surface area (Å²) < 4.78 is 0. The minimum atomic E-state index is -0.964. The molecule has 2 aliphatic rings. The Morgan fingerprint density at radius 1 is 0.833 bits per heavy atom. The van der Waals surface area contributed by atoms with Crippen LogP contribution in [0.4, 0.5) is 0 Å². The first-order chi connectivity index (χ1) is 14.4. The minimum Gasteiger partial charge on any atom is -0.480 e. The summed E-state index contributed by atoms with van der Waals surface area (Å²) in [6.45, 7) is 0.943. The van der Waals surface area contributed by atoms with E-state index >= 15 is 0 Å². The van der Waals surface area contributed by atoms with Gasteiger partial charge in [0, 0.05) is 37.3 Å². The average Bonchev–Trinajstić information content (AvgIpc) is 3.40. The highest BCUT2D eigenvalue weighted by atomic mass is 16.4. The Bertz CT molecular complexity index is 763. The van der Waals surface area contributed by atoms with Crippen molar-refractivity contribution in [2.24, 2.45) is 0 Å². The van der Waals surface area contributed by atoms with Gasteiger partial charge in [0.1, 0.15) is 12.1 Å². The fourth-order valence-electron chi connectivity index (χ4n) is 4.21. The van der Waals surface area contributed by atoms with Gasteiger partial charge in [0.25, 0.3) is 0 Å². The predicted molar refractivity (Wildman–Crippen MR) is 106 cm³/mol. The molecule has 0 saturated carbocycles. The summed E-state index contributed by atoms with van der Waals surface area (Å²) in [5, 5.41) is 18.4. The number of carboxylic acids is 2. The van der Waals surface area contributed by atoms with Crippen LogP contribution < -0.4 is 0 Å². The molecule has 1 aromatic rings. The predicted octanol–water partition coefficient (Wildman–Crippen LogP) is 1.10. The van der Waals surface area contributed by atoms with Crippen molar-refractivity contribution in [3.05, 3.63) is 29.6 Å². The molecule has 30 heavy (non-hydrogen) atoms. The molecule has 9 heteroatoms. The third kappa shape index (κ3) is 5.14. The van der Waals surface area contributed by atoms with E-state index in [1.807, 2.05) is 6.07 Å². The van der Waals surface area contributed by atoms with Gasteiger partial charge in [0.05, 0.1) is 0 Å². The summed E-state index contributed by atoms with van der Waals surface area (Å²) in [6, 6.07) is 3.96. The van der Waals surface area contributed by atoms with Crippen LogP contribution in [0.1, 0.15) is 49.9 Å². The number of hydrogen-bond donors (Lipinski definition) is 2. The van der Waals surface area contributed by atoms with Crippen molar-refractivity contribution >= 4 is 23.8 Å². The molecule has 2 amide bonds. The number of carbonyl (C=O) groups is 4. The van der Waals surface area contributed by atoms with Crippen LogP contribution in [0.2, 0.25) is 0 Å². The van der Waals surface area contributed by atoms with Crippen molar-refractivity contribution in [1.82, 2.24) is 14.8 Å². The van der Waals surface area contributed by atoms with E-state index in [2.05, 4.69) is 4.98 Å². The maximum Gasteiger partial charge on any atom is 0.326 e. The van der Waals surface area contributed by atoms with E-state index in [1.165, 1.54) is 9.80 Å². The fraction of sp³-hybridized carbons (Fsp3) is 0.571. The standard InChI is InChI=1S/C21H27N3O6/c25-18(23-12-2-6-16(23)20(27)28)10-8-14-4-1-5-15(22-14)9-11-19(26)24-13-3-7-17(24)21(29)30/h1,4-5,16-17H,2-3,6-13H2,(H,27,28)(H,29,30)/t16-,17-/m1/s1. The Hall–Kier alpha value is -2.97. The van der Waals surface area contributed by atoms with Crippen LogP contribution in [0.25, 0.3) is 0 Å². The second-order valence-corrected chi connectivity index (χ2v) is 7.79. The number of rotatable bonds is 8. The SMILES string of the molecule is O=C(O)[C@H]1CCCN1C(=O)CCc1cccc(CCC(=O)N2CCC[C@@H]2C(=O)O)n1. The highest BCUT2D eigenvalue weighted by molar-refractivity contribution is 5.85. The highest BCUT2D eigenvalue weighted by Crippen LogP contribution is 2.20. The number of carbonyl (C=O) groups excluding carboxylic acids is 2. The Kier molecular flexibility index (Phi) is 7.02. The number of likely N-dealkylation sites (tertiary alicyclic amines) is 2. The number of hydrogen-bond acceptors (Lipinski definition) is 5. The summed E-state index contributed by atoms with van der Waals surface area (Å²) in [5.41, 5.74) is 1.42. The van der Waals surface area contributed by atoms with E-state index in [4.69, 9.17) is 0 Å². The summed E-state index contributed by atoms with van der Waals surface area (Å²) in [7, 11) is 0. The molecule has 1 aromatic heterocycles. The van der Waals surface area contributed by atoms with Crippen molar-refractivity contribution in [3.8, 4) is 0 Å². The lowest BCUT2D eigenvalue weighted by Crippen LogP contribution is -2.40. The van der Waals surface area contributed by atoms with E-state index in [-0.39, 0.29) is 24.7 Å². The molecule has 3 rings (SSSR count). The van der Waals surface area contributed by atoms with E-state index in [0.717, 1.165) is 0 Å². The van der Waals surface area contributed by atoms with E-state index in [9.17, 15) is 29.4 Å². The van der Waals surface area contributed by atoms with Crippen molar-refractivity contribution in [2.45, 2.75) is 63.5 Å². The van der Waals surface area contributed by atoms with Gasteiger partial charge < -0.3 is 20.0 Å². The monoisotopic (exact) mass is 417 g/mol. The highest BCUT2D eigenvalue weighted by Gasteiger charge is 2.34. The number of aryl methyl sites for hydroxylation is 2. The Morgan fingerprint density at radius 3 is 1.67 bits per heavy atom. The van der Waals surface area contributed by atoms with Gasteiger partial charge >= 0.3 is 11.9 Å². The van der Waals surface area contributed by atoms with Crippen LogP contribution in [0.5, 0.6) is 0 Å². The number of aliphatic carboxylic acids is 2. The lowest BCUT2D eigenvalue weighted by atomic mass is 10.1. The molecule has 2 atom stereocenters. The third-order valence-electron chi connectivity index (χ3n) is 5.77. The van der Waals surface area contributed by atoms with Gasteiger partial charge in [0.2, 0.25) is 11.8 Å². The Balaban J connectivity index is 1.51. The number of pyridine rings is 1. The number of nitrogens with zero attached hydrogens (tertiary/aromatic N) is 3. The minimum absolute atomic E-state index is 0.184. The van der Waals surface area contributed by atoms with Crippen LogP contribution >= 0.6 is 0 Å². The Labute approximate surface area is 174 Å². The molecule has 2 N–H and O–H groups in total. The van der Waals surface area contributed by atoms with Gasteiger partial charge in [-0.05, 0) is 50.7 Å². The van der Waals surface area contributed by atoms with Crippen LogP contribution in [-0.4, -0.2) is 73.9 Å². The van der Waals surface area contributed by atoms with Gasteiger partial charge in [-0.1, -0.05) is 6.07 Å². The molecule has 0 aliphatic carbocycles. The molecule has 2 aliphatic heterocycles. The van der Waals surface area contributed by atoms with Crippen LogP contribution in [0.3, 0.4) is 0 Å². The maximum atomic E-state index is 12.4. The zero-order valence-corrected chi connectivity index (χ0v) is 16.8. The molecule has 0 bridgehead atoms. The summed E-state index contributed by atoms with van der Waals surface area (Å²) in [6.07, 6.45) is 3.55. The topological polar surface area (TPSA) is 128 Å². The molecule has 9 nitrogen and oxygen atoms in total. The normalized spacial score (nSPS) is 21.1. The lowest BCUT2D eigenvalue weighted by Gasteiger charge is -2.21. The van der Waals surface area contributed by atoms with Crippen LogP contribution in [0, 0.1) is 0 Å². The number of amides is 2. The van der Waals surface area contributed by atoms with Crippen molar-refractivity contribution < 1.29 is 29.4 Å². The third-order valence-corrected chi connectivity index (χ3v) is 5.77. The molecule has 2 fully saturated rings. The van der Waals surface area contributed by atoms with Crippen molar-refractivity contribution in [1.29, 1.82) is 0 Å². The molecule has 0 spiro atoms. The van der Waals surface area contributed by atoms with E-state index in [0.29, 0.717) is 63.0 Å². The second-order valence-electron chi connectivity index (χ2n) is 7.79. The van der Waals surface area contributed by atoms with Gasteiger partial charge in [0.15, 0.2) is 0 Å². The first kappa shape index (κ1) is 21.7. The zero-order valence-electron chi connectivity index (χ0n) is 16.8. The summed E-state index contributed by atoms with van der Waals surface area (Å²) in [4.78, 5) is 54.7. The first-order valence-electron chi connectivity index (χ1n) is 10.4. The molecule has 3 heterocycles. The summed E-state index contributed by atoms with van der Waals surface area (Å²) >= 11 is 0. The zero-order chi connectivity index (χ0) is 21.7. The van der Waals surface area contributed by atoms with Gasteiger partial charge in [-0.3, -0.25) is 14.6 Å². The second kappa shape index (κ2) is 9.69. The quantitative estimate of drug-likeness (QED) is 0.648. The lowest BCUT2D eigenvalue weighted by molar-refractivity contribution is -0.148. The largest absolute Gasteiger partial charge is 0.480 e. The molecule has 0 radical (unpaired) electrons. The fourth-order valence-corrected chi connectivity index (χ4v) is 4.21. The Morgan fingerprint density at radius 2 is 1.27 bits per heavy atom. The number of carboxylic acid groups (broad SMARTS) is 2. The van der Waals surface area contributed by atoms with Gasteiger partial charge in [-0.25, -0.2) is 9.59 Å². The van der Waals surface area contributed by atoms with Gasteiger partial charge in [-0.2, -0.15) is 0 Å². The molecule has 0 aromatic carbocycles. The maximum absolute atomic E-state index is 12.4. The molecular formula is C21H27N3O6. The van der Waals surface area contributed by atoms with Gasteiger partial charge in [-0.15, -0.1) is 0 Å². The van der Waals surface area contributed by atoms with Crippen LogP contribution in [0.15, 0.2) is 18.2 Å². The van der Waals surface area contributed by atoms with Crippen molar-refractivity contribution in [2.75, 3.05) is 13.1 Å². The smallest absolute Gasteiger partial charge is 0.326 e. The van der Waals surface area contributed by atoms with E-state index in [1.54, 1.807) is 12.1 Å². The average molecular weight is 417 g/mol. The van der Waals surface area contributed by atoms with Crippen molar-refractivity contribution in [3.63, 3.8) is 0 Å².